The second-order valence-electron chi connectivity index (χ2n) is 11.4. The molecule has 3 heterocycles. The van der Waals surface area contributed by atoms with Crippen molar-refractivity contribution in [3.8, 4) is 16.9 Å². The molecule has 9 nitrogen and oxygen atoms in total. The first-order valence-electron chi connectivity index (χ1n) is 13.8. The summed E-state index contributed by atoms with van der Waals surface area (Å²) < 4.78 is 25.2. The summed E-state index contributed by atoms with van der Waals surface area (Å²) in [5, 5.41) is 17.2. The summed E-state index contributed by atoms with van der Waals surface area (Å²) >= 11 is 0. The smallest absolute Gasteiger partial charge is 0.274 e. The van der Waals surface area contributed by atoms with Crippen LogP contribution >= 0.6 is 0 Å². The van der Waals surface area contributed by atoms with E-state index < -0.39 is 23.7 Å². The Hall–Kier alpha value is -4.47. The molecule has 2 atom stereocenters. The van der Waals surface area contributed by atoms with Crippen LogP contribution in [-0.2, 0) is 4.79 Å². The van der Waals surface area contributed by atoms with E-state index in [4.69, 9.17) is 9.26 Å². The molecule has 0 radical (unpaired) electrons. The number of hydrogen-bond acceptors (Lipinski definition) is 6. The third-order valence-corrected chi connectivity index (χ3v) is 8.28. The van der Waals surface area contributed by atoms with Crippen molar-refractivity contribution >= 4 is 17.5 Å². The van der Waals surface area contributed by atoms with E-state index in [0.29, 0.717) is 29.2 Å². The van der Waals surface area contributed by atoms with Gasteiger partial charge in [0.1, 0.15) is 23.9 Å². The predicted octanol–water partition coefficient (Wildman–Crippen LogP) is 5.64. The minimum atomic E-state index is -0.979. The molecule has 10 heteroatoms. The predicted molar refractivity (Wildman–Crippen MR) is 150 cm³/mol. The summed E-state index contributed by atoms with van der Waals surface area (Å²) in [4.78, 5) is 27.6. The highest BCUT2D eigenvalue weighted by Crippen LogP contribution is 2.61. The van der Waals surface area contributed by atoms with Gasteiger partial charge in [0.15, 0.2) is 5.69 Å². The van der Waals surface area contributed by atoms with Crippen molar-refractivity contribution in [3.63, 3.8) is 0 Å². The fraction of sp³-hybridized carbons (Fsp3) is 0.355. The highest BCUT2D eigenvalue weighted by molar-refractivity contribution is 6.02. The van der Waals surface area contributed by atoms with Crippen molar-refractivity contribution in [2.24, 2.45) is 5.41 Å². The molecule has 6 rings (SSSR count). The Balaban J connectivity index is 1.34. The zero-order valence-electron chi connectivity index (χ0n) is 23.4. The zero-order chi connectivity index (χ0) is 28.9. The van der Waals surface area contributed by atoms with E-state index in [0.717, 1.165) is 35.4 Å². The van der Waals surface area contributed by atoms with Gasteiger partial charge in [-0.05, 0) is 56.4 Å². The largest absolute Gasteiger partial charge is 0.493 e. The molecule has 2 aliphatic rings. The average Bonchev–Trinajstić information content (AvgIpc) is 3.37. The number of aromatic nitrogens is 3. The van der Waals surface area contributed by atoms with Gasteiger partial charge in [-0.2, -0.15) is 5.10 Å². The first kappa shape index (κ1) is 26.7. The Labute approximate surface area is 236 Å². The number of aryl methyl sites for hydroxylation is 2. The number of nitrogens with one attached hydrogen (secondary N) is 3. The molecule has 1 saturated carbocycles. The van der Waals surface area contributed by atoms with Crippen LogP contribution in [0.15, 0.2) is 53.3 Å². The van der Waals surface area contributed by atoms with Crippen LogP contribution in [0.2, 0.25) is 0 Å². The maximum Gasteiger partial charge on any atom is 0.274 e. The first-order valence-corrected chi connectivity index (χ1v) is 13.8. The fourth-order valence-electron chi connectivity index (χ4n) is 5.93. The SMILES string of the molecule is Cc1n[nH]c(C)c1-c1ccc(NC(=O)[C@@H](NC(=O)c2nocc2C(C)C)C2c3ccc(F)cc3OCC23CC3)cc1. The van der Waals surface area contributed by atoms with E-state index in [1.54, 1.807) is 6.07 Å². The Morgan fingerprint density at radius 2 is 1.88 bits per heavy atom. The summed E-state index contributed by atoms with van der Waals surface area (Å²) in [5.74, 6) is -1.36. The molecule has 0 saturated heterocycles. The highest BCUT2D eigenvalue weighted by atomic mass is 19.1. The average molecular weight is 558 g/mol. The molecule has 3 N–H and O–H groups in total. The van der Waals surface area contributed by atoms with Crippen LogP contribution in [0.25, 0.3) is 11.1 Å². The summed E-state index contributed by atoms with van der Waals surface area (Å²) in [7, 11) is 0. The van der Waals surface area contributed by atoms with Gasteiger partial charge in [-0.25, -0.2) is 4.39 Å². The van der Waals surface area contributed by atoms with Crippen molar-refractivity contribution in [1.82, 2.24) is 20.7 Å². The van der Waals surface area contributed by atoms with E-state index in [1.165, 1.54) is 18.4 Å². The summed E-state index contributed by atoms with van der Waals surface area (Å²) in [5.41, 5.74) is 5.57. The number of rotatable bonds is 7. The minimum Gasteiger partial charge on any atom is -0.493 e. The van der Waals surface area contributed by atoms with Gasteiger partial charge in [0.25, 0.3) is 5.91 Å². The number of amides is 2. The molecule has 4 aromatic rings. The second-order valence-corrected chi connectivity index (χ2v) is 11.4. The topological polar surface area (TPSA) is 122 Å². The molecule has 2 aromatic heterocycles. The minimum absolute atomic E-state index is 0.00292. The number of benzene rings is 2. The van der Waals surface area contributed by atoms with Crippen LogP contribution in [0.1, 0.15) is 71.5 Å². The van der Waals surface area contributed by atoms with Crippen LogP contribution in [0.5, 0.6) is 5.75 Å². The number of carbonyl (C=O) groups excluding carboxylic acids is 2. The zero-order valence-corrected chi connectivity index (χ0v) is 23.4. The molecule has 1 unspecified atom stereocenters. The lowest BCUT2D eigenvalue weighted by atomic mass is 9.75. The molecule has 2 aromatic carbocycles. The van der Waals surface area contributed by atoms with Gasteiger partial charge in [0.2, 0.25) is 5.91 Å². The number of ether oxygens (including phenoxy) is 1. The van der Waals surface area contributed by atoms with Crippen molar-refractivity contribution in [1.29, 1.82) is 0 Å². The molecule has 41 heavy (non-hydrogen) atoms. The van der Waals surface area contributed by atoms with Crippen molar-refractivity contribution in [2.45, 2.75) is 58.4 Å². The maximum atomic E-state index is 14.1. The lowest BCUT2D eigenvalue weighted by Gasteiger charge is -2.38. The molecule has 1 fully saturated rings. The third-order valence-electron chi connectivity index (χ3n) is 8.28. The highest BCUT2D eigenvalue weighted by Gasteiger charge is 2.58. The Morgan fingerprint density at radius 3 is 2.54 bits per heavy atom. The van der Waals surface area contributed by atoms with Gasteiger partial charge >= 0.3 is 0 Å². The maximum absolute atomic E-state index is 14.1. The number of fused-ring (bicyclic) bond motifs is 1. The van der Waals surface area contributed by atoms with Crippen LogP contribution in [-0.4, -0.2) is 39.8 Å². The molecule has 2 amide bonds. The fourth-order valence-corrected chi connectivity index (χ4v) is 5.93. The van der Waals surface area contributed by atoms with E-state index >= 15 is 0 Å². The number of halogens is 1. The number of carbonyl (C=O) groups is 2. The van der Waals surface area contributed by atoms with Gasteiger partial charge in [-0.3, -0.25) is 14.7 Å². The van der Waals surface area contributed by atoms with Crippen LogP contribution in [0.4, 0.5) is 10.1 Å². The molecule has 0 bridgehead atoms. The number of aromatic amines is 1. The quantitative estimate of drug-likeness (QED) is 0.270. The number of H-pyrrole nitrogens is 1. The Morgan fingerprint density at radius 1 is 1.12 bits per heavy atom. The molecule has 1 aliphatic carbocycles. The summed E-state index contributed by atoms with van der Waals surface area (Å²) in [6, 6.07) is 10.9. The molecule has 212 valence electrons. The van der Waals surface area contributed by atoms with Gasteiger partial charge in [-0.15, -0.1) is 0 Å². The van der Waals surface area contributed by atoms with Crippen LogP contribution < -0.4 is 15.4 Å². The third kappa shape index (κ3) is 4.87. The standard InChI is InChI=1S/C31H32FN5O4/c1-16(2)23-14-41-37-27(23)29(38)34-28(26-22-10-7-20(32)13-24(22)40-15-31(26)11-12-31)30(39)33-21-8-5-19(6-9-21)25-17(3)35-36-18(25)4/h5-10,13-14,16,26,28H,11-12,15H2,1-4H3,(H,33,39)(H,34,38)(H,35,36)/t26?,28-/m0/s1. The van der Waals surface area contributed by atoms with Gasteiger partial charge in [0, 0.05) is 45.5 Å². The van der Waals surface area contributed by atoms with E-state index in [9.17, 15) is 14.0 Å². The van der Waals surface area contributed by atoms with Crippen molar-refractivity contribution in [3.05, 3.63) is 82.8 Å². The lowest BCUT2D eigenvalue weighted by Crippen LogP contribution is -2.52. The van der Waals surface area contributed by atoms with E-state index in [1.807, 2.05) is 52.0 Å². The van der Waals surface area contributed by atoms with E-state index in [2.05, 4.69) is 26.0 Å². The Bertz CT molecular complexity index is 1600. The van der Waals surface area contributed by atoms with Crippen molar-refractivity contribution in [2.75, 3.05) is 11.9 Å². The lowest BCUT2D eigenvalue weighted by molar-refractivity contribution is -0.119. The molecule has 1 spiro atoms. The number of anilines is 1. The molecule has 1 aliphatic heterocycles. The van der Waals surface area contributed by atoms with Gasteiger partial charge in [0.05, 0.1) is 12.3 Å². The monoisotopic (exact) mass is 557 g/mol. The van der Waals surface area contributed by atoms with Crippen LogP contribution in [0, 0.1) is 25.1 Å². The summed E-state index contributed by atoms with van der Waals surface area (Å²) in [6.07, 6.45) is 3.11. The van der Waals surface area contributed by atoms with Crippen molar-refractivity contribution < 1.29 is 23.2 Å². The normalized spacial score (nSPS) is 17.6. The number of nitrogens with zero attached hydrogens (tertiary/aromatic N) is 2. The van der Waals surface area contributed by atoms with Gasteiger partial charge < -0.3 is 19.9 Å². The molecular weight excluding hydrogens is 525 g/mol. The van der Waals surface area contributed by atoms with E-state index in [-0.39, 0.29) is 22.9 Å². The first-order chi connectivity index (χ1) is 19.7. The molecular formula is C31H32FN5O4. The summed E-state index contributed by atoms with van der Waals surface area (Å²) in [6.45, 7) is 8.11. The van der Waals surface area contributed by atoms with Gasteiger partial charge in [-0.1, -0.05) is 37.2 Å². The second kappa shape index (κ2) is 10.2. The Kier molecular flexibility index (Phi) is 6.63. The van der Waals surface area contributed by atoms with Crippen LogP contribution in [0.3, 0.4) is 0 Å². The number of hydrogen-bond donors (Lipinski definition) is 3.